The standard InChI is InChI=1S/C21H28N4O2/c26-11-1-2-16-3-8-20-19(14-16)21(23-15-22-20)24-17-4-6-18(7-5-17)25-9-12-27-13-10-25/h1-3,8,14-15,17-18,26H,4-7,9-13H2,(H,22,23,24). The van der Waals surface area contributed by atoms with Crippen molar-refractivity contribution in [3.8, 4) is 0 Å². The lowest BCUT2D eigenvalue weighted by molar-refractivity contribution is 0.00791. The molecule has 0 amide bonds. The summed E-state index contributed by atoms with van der Waals surface area (Å²) in [7, 11) is 0. The Morgan fingerprint density at radius 1 is 1.15 bits per heavy atom. The average Bonchev–Trinajstić information content (AvgIpc) is 2.74. The second-order valence-electron chi connectivity index (χ2n) is 7.38. The molecule has 6 heteroatoms. The van der Waals surface area contributed by atoms with Crippen LogP contribution in [0.2, 0.25) is 0 Å². The van der Waals surface area contributed by atoms with E-state index in [0.29, 0.717) is 12.1 Å². The minimum atomic E-state index is 0.0425. The molecular formula is C21H28N4O2. The maximum atomic E-state index is 8.99. The fraction of sp³-hybridized carbons (Fsp3) is 0.524. The van der Waals surface area contributed by atoms with E-state index in [1.807, 2.05) is 18.2 Å². The zero-order valence-electron chi connectivity index (χ0n) is 15.7. The lowest BCUT2D eigenvalue weighted by Gasteiger charge is -2.39. The summed E-state index contributed by atoms with van der Waals surface area (Å²) < 4.78 is 5.48. The van der Waals surface area contributed by atoms with Crippen LogP contribution in [0.3, 0.4) is 0 Å². The molecule has 4 rings (SSSR count). The summed E-state index contributed by atoms with van der Waals surface area (Å²) >= 11 is 0. The largest absolute Gasteiger partial charge is 0.392 e. The number of anilines is 1. The highest BCUT2D eigenvalue weighted by molar-refractivity contribution is 5.90. The molecule has 0 bridgehead atoms. The van der Waals surface area contributed by atoms with E-state index in [0.717, 1.165) is 61.4 Å². The van der Waals surface area contributed by atoms with Crippen LogP contribution in [0.15, 0.2) is 30.6 Å². The van der Waals surface area contributed by atoms with Gasteiger partial charge in [-0.2, -0.15) is 0 Å². The Labute approximate surface area is 160 Å². The Bertz CT molecular complexity index is 781. The van der Waals surface area contributed by atoms with Crippen LogP contribution in [-0.2, 0) is 4.74 Å². The zero-order chi connectivity index (χ0) is 18.5. The number of nitrogens with one attached hydrogen (secondary N) is 1. The number of benzene rings is 1. The van der Waals surface area contributed by atoms with Crippen LogP contribution in [0.1, 0.15) is 31.2 Å². The van der Waals surface area contributed by atoms with Gasteiger partial charge in [0.05, 0.1) is 25.3 Å². The summed E-state index contributed by atoms with van der Waals surface area (Å²) in [6.45, 7) is 3.93. The van der Waals surface area contributed by atoms with E-state index in [2.05, 4.69) is 26.3 Å². The van der Waals surface area contributed by atoms with Crippen molar-refractivity contribution < 1.29 is 9.84 Å². The first-order valence-electron chi connectivity index (χ1n) is 9.94. The van der Waals surface area contributed by atoms with E-state index in [1.54, 1.807) is 12.4 Å². The molecule has 144 valence electrons. The number of ether oxygens (including phenoxy) is 1. The molecule has 0 spiro atoms. The van der Waals surface area contributed by atoms with Gasteiger partial charge in [0.25, 0.3) is 0 Å². The van der Waals surface area contributed by atoms with Crippen LogP contribution in [0.5, 0.6) is 0 Å². The fourth-order valence-electron chi connectivity index (χ4n) is 4.20. The third-order valence-electron chi connectivity index (χ3n) is 5.67. The predicted molar refractivity (Wildman–Crippen MR) is 108 cm³/mol. The van der Waals surface area contributed by atoms with Crippen LogP contribution in [0, 0.1) is 0 Å². The van der Waals surface area contributed by atoms with Crippen molar-refractivity contribution in [3.63, 3.8) is 0 Å². The first kappa shape index (κ1) is 18.3. The summed E-state index contributed by atoms with van der Waals surface area (Å²) in [6, 6.07) is 7.26. The highest BCUT2D eigenvalue weighted by Crippen LogP contribution is 2.28. The van der Waals surface area contributed by atoms with Gasteiger partial charge in [0.2, 0.25) is 0 Å². The molecule has 2 aromatic rings. The van der Waals surface area contributed by atoms with Gasteiger partial charge in [0.15, 0.2) is 0 Å². The third-order valence-corrected chi connectivity index (χ3v) is 5.67. The van der Waals surface area contributed by atoms with Crippen molar-refractivity contribution >= 4 is 22.8 Å². The van der Waals surface area contributed by atoms with Crippen LogP contribution >= 0.6 is 0 Å². The average molecular weight is 368 g/mol. The van der Waals surface area contributed by atoms with E-state index >= 15 is 0 Å². The minimum absolute atomic E-state index is 0.0425. The number of aromatic nitrogens is 2. The Balaban J connectivity index is 1.43. The van der Waals surface area contributed by atoms with Gasteiger partial charge in [-0.15, -0.1) is 0 Å². The summed E-state index contributed by atoms with van der Waals surface area (Å²) in [5.41, 5.74) is 1.99. The van der Waals surface area contributed by atoms with Crippen molar-refractivity contribution in [2.45, 2.75) is 37.8 Å². The number of aliphatic hydroxyl groups excluding tert-OH is 1. The minimum Gasteiger partial charge on any atom is -0.392 e. The number of hydrogen-bond donors (Lipinski definition) is 2. The lowest BCUT2D eigenvalue weighted by Crippen LogP contribution is -2.46. The highest BCUT2D eigenvalue weighted by atomic mass is 16.5. The molecule has 2 N–H and O–H groups in total. The number of morpholine rings is 1. The van der Waals surface area contributed by atoms with Gasteiger partial charge in [-0.1, -0.05) is 18.2 Å². The van der Waals surface area contributed by atoms with Gasteiger partial charge in [-0.3, -0.25) is 4.90 Å². The summed E-state index contributed by atoms with van der Waals surface area (Å²) in [5.74, 6) is 0.911. The molecule has 27 heavy (non-hydrogen) atoms. The number of nitrogens with zero attached hydrogens (tertiary/aromatic N) is 3. The van der Waals surface area contributed by atoms with Gasteiger partial charge in [-0.25, -0.2) is 9.97 Å². The van der Waals surface area contributed by atoms with E-state index < -0.39 is 0 Å². The fourth-order valence-corrected chi connectivity index (χ4v) is 4.20. The van der Waals surface area contributed by atoms with Gasteiger partial charge in [0.1, 0.15) is 12.1 Å². The van der Waals surface area contributed by atoms with Crippen molar-refractivity contribution in [1.29, 1.82) is 0 Å². The maximum absolute atomic E-state index is 8.99. The summed E-state index contributed by atoms with van der Waals surface area (Å²) in [4.78, 5) is 11.5. The molecule has 1 aliphatic carbocycles. The third kappa shape index (κ3) is 4.46. The first-order valence-corrected chi connectivity index (χ1v) is 9.94. The molecule has 1 aliphatic heterocycles. The van der Waals surface area contributed by atoms with Crippen molar-refractivity contribution in [3.05, 3.63) is 36.2 Å². The normalized spacial score (nSPS) is 24.5. The number of fused-ring (bicyclic) bond motifs is 1. The molecule has 1 saturated carbocycles. The number of aliphatic hydroxyl groups is 1. The van der Waals surface area contributed by atoms with Crippen LogP contribution in [0.4, 0.5) is 5.82 Å². The van der Waals surface area contributed by atoms with Crippen LogP contribution in [0.25, 0.3) is 17.0 Å². The molecule has 0 radical (unpaired) electrons. The molecule has 2 aliphatic rings. The lowest BCUT2D eigenvalue weighted by atomic mass is 9.90. The summed E-state index contributed by atoms with van der Waals surface area (Å²) in [5, 5.41) is 13.7. The second-order valence-corrected chi connectivity index (χ2v) is 7.38. The molecule has 2 fully saturated rings. The van der Waals surface area contributed by atoms with Gasteiger partial charge >= 0.3 is 0 Å². The van der Waals surface area contributed by atoms with Crippen molar-refractivity contribution in [2.24, 2.45) is 0 Å². The smallest absolute Gasteiger partial charge is 0.137 e. The first-order chi connectivity index (χ1) is 13.3. The number of hydrogen-bond acceptors (Lipinski definition) is 6. The Morgan fingerprint density at radius 2 is 1.96 bits per heavy atom. The molecule has 1 saturated heterocycles. The molecule has 0 atom stereocenters. The van der Waals surface area contributed by atoms with Gasteiger partial charge in [0, 0.05) is 30.6 Å². The summed E-state index contributed by atoms with van der Waals surface area (Å²) in [6.07, 6.45) is 10.1. The Kier molecular flexibility index (Phi) is 5.97. The number of rotatable bonds is 5. The van der Waals surface area contributed by atoms with Gasteiger partial charge < -0.3 is 15.2 Å². The molecule has 2 heterocycles. The van der Waals surface area contributed by atoms with Gasteiger partial charge in [-0.05, 0) is 43.4 Å². The quantitative estimate of drug-likeness (QED) is 0.846. The van der Waals surface area contributed by atoms with E-state index in [1.165, 1.54) is 12.8 Å². The second kappa shape index (κ2) is 8.78. The molecular weight excluding hydrogens is 340 g/mol. The van der Waals surface area contributed by atoms with Crippen LogP contribution < -0.4 is 5.32 Å². The van der Waals surface area contributed by atoms with Crippen molar-refractivity contribution in [1.82, 2.24) is 14.9 Å². The molecule has 1 aromatic carbocycles. The van der Waals surface area contributed by atoms with Crippen LogP contribution in [-0.4, -0.2) is 65.0 Å². The highest BCUT2D eigenvalue weighted by Gasteiger charge is 2.27. The monoisotopic (exact) mass is 368 g/mol. The molecule has 1 aromatic heterocycles. The van der Waals surface area contributed by atoms with E-state index in [-0.39, 0.29) is 6.61 Å². The Morgan fingerprint density at radius 3 is 2.74 bits per heavy atom. The van der Waals surface area contributed by atoms with E-state index in [4.69, 9.17) is 9.84 Å². The zero-order valence-corrected chi connectivity index (χ0v) is 15.7. The maximum Gasteiger partial charge on any atom is 0.137 e. The molecule has 0 unspecified atom stereocenters. The predicted octanol–water partition coefficient (Wildman–Crippen LogP) is 2.69. The van der Waals surface area contributed by atoms with E-state index in [9.17, 15) is 0 Å². The van der Waals surface area contributed by atoms with Crippen molar-refractivity contribution in [2.75, 3.05) is 38.2 Å². The SMILES string of the molecule is OCC=Cc1ccc2ncnc(NC3CCC(N4CCOCC4)CC3)c2c1. The Hall–Kier alpha value is -2.02. The topological polar surface area (TPSA) is 70.5 Å². The molecule has 6 nitrogen and oxygen atoms in total.